The Balaban J connectivity index is 2.09. The second kappa shape index (κ2) is 4.06. The van der Waals surface area contributed by atoms with Crippen LogP contribution in [-0.2, 0) is 11.2 Å². The Morgan fingerprint density at radius 1 is 1.27 bits per heavy atom. The zero-order valence-corrected chi connectivity index (χ0v) is 9.16. The molecule has 3 nitrogen and oxygen atoms in total. The van der Waals surface area contributed by atoms with Crippen LogP contribution in [0.15, 0.2) is 30.3 Å². The molecule has 1 fully saturated rings. The zero-order chi connectivity index (χ0) is 10.8. The summed E-state index contributed by atoms with van der Waals surface area (Å²) < 4.78 is 0. The van der Waals surface area contributed by atoms with Gasteiger partial charge in [0, 0.05) is 7.05 Å². The lowest BCUT2D eigenvalue weighted by Gasteiger charge is -2.06. The molecule has 1 aliphatic heterocycles. The van der Waals surface area contributed by atoms with Crippen molar-refractivity contribution in [3.63, 3.8) is 0 Å². The van der Waals surface area contributed by atoms with Crippen molar-refractivity contribution in [1.29, 1.82) is 0 Å². The molecule has 15 heavy (non-hydrogen) atoms. The molecule has 0 saturated carbocycles. The molecule has 78 valence electrons. The summed E-state index contributed by atoms with van der Waals surface area (Å²) in [6, 6.07) is 9.74. The van der Waals surface area contributed by atoms with Gasteiger partial charge >= 0.3 is 0 Å². The molecule has 0 N–H and O–H groups in total. The molecule has 2 rings (SSSR count). The maximum absolute atomic E-state index is 11.6. The van der Waals surface area contributed by atoms with Crippen molar-refractivity contribution in [2.75, 3.05) is 7.05 Å². The Morgan fingerprint density at radius 2 is 1.93 bits per heavy atom. The molecule has 1 aliphatic rings. The molecule has 0 aliphatic carbocycles. The summed E-state index contributed by atoms with van der Waals surface area (Å²) in [7, 11) is 1.53. The Morgan fingerprint density at radius 3 is 2.47 bits per heavy atom. The van der Waals surface area contributed by atoms with Crippen LogP contribution in [0.3, 0.4) is 0 Å². The van der Waals surface area contributed by atoms with Crippen molar-refractivity contribution in [3.05, 3.63) is 35.9 Å². The summed E-state index contributed by atoms with van der Waals surface area (Å²) in [4.78, 5) is 24.1. The summed E-state index contributed by atoms with van der Waals surface area (Å²) in [6.07, 6.45) is 0.625. The third kappa shape index (κ3) is 2.04. The molecular weight excluding hydrogens is 210 g/mol. The van der Waals surface area contributed by atoms with Gasteiger partial charge in [-0.3, -0.25) is 14.5 Å². The average molecular weight is 221 g/mol. The van der Waals surface area contributed by atoms with E-state index in [1.165, 1.54) is 11.9 Å². The molecule has 1 unspecified atom stereocenters. The van der Waals surface area contributed by atoms with Gasteiger partial charge in [-0.15, -0.1) is 0 Å². The standard InChI is InChI=1S/C11H11NO2S/c1-12-10(13)9(15-11(12)14)7-8-5-3-2-4-6-8/h2-6,9H,7H2,1H3. The second-order valence-corrected chi connectivity index (χ2v) is 4.61. The number of carbonyl (C=O) groups excluding carboxylic acids is 2. The SMILES string of the molecule is CN1C(=O)SC(Cc2ccccc2)C1=O. The fraction of sp³-hybridized carbons (Fsp3) is 0.273. The first-order chi connectivity index (χ1) is 7.18. The predicted octanol–water partition coefficient (Wildman–Crippen LogP) is 1.92. The quantitative estimate of drug-likeness (QED) is 0.765. The maximum atomic E-state index is 11.6. The van der Waals surface area contributed by atoms with E-state index in [9.17, 15) is 9.59 Å². The van der Waals surface area contributed by atoms with E-state index in [0.717, 1.165) is 17.3 Å². The van der Waals surface area contributed by atoms with Gasteiger partial charge in [-0.1, -0.05) is 42.1 Å². The van der Waals surface area contributed by atoms with Crippen LogP contribution < -0.4 is 0 Å². The van der Waals surface area contributed by atoms with E-state index in [1.54, 1.807) is 0 Å². The molecule has 1 aromatic carbocycles. The van der Waals surface area contributed by atoms with Crippen molar-refractivity contribution in [1.82, 2.24) is 4.90 Å². The van der Waals surface area contributed by atoms with Crippen molar-refractivity contribution in [2.45, 2.75) is 11.7 Å². The summed E-state index contributed by atoms with van der Waals surface area (Å²) in [5.41, 5.74) is 1.09. The van der Waals surface area contributed by atoms with Gasteiger partial charge in [0.15, 0.2) is 0 Å². The normalized spacial score (nSPS) is 21.1. The molecule has 0 bridgehead atoms. The molecule has 4 heteroatoms. The zero-order valence-electron chi connectivity index (χ0n) is 8.34. The molecule has 1 atom stereocenters. The van der Waals surface area contributed by atoms with Crippen LogP contribution in [-0.4, -0.2) is 28.3 Å². The average Bonchev–Trinajstić information content (AvgIpc) is 2.48. The highest BCUT2D eigenvalue weighted by Crippen LogP contribution is 2.28. The summed E-state index contributed by atoms with van der Waals surface area (Å²) in [6.45, 7) is 0. The third-order valence-corrected chi connectivity index (χ3v) is 3.52. The van der Waals surface area contributed by atoms with Crippen LogP contribution in [0, 0.1) is 0 Å². The first-order valence-electron chi connectivity index (χ1n) is 4.70. The van der Waals surface area contributed by atoms with Crippen molar-refractivity contribution >= 4 is 22.9 Å². The second-order valence-electron chi connectivity index (χ2n) is 3.46. The molecule has 1 heterocycles. The highest BCUT2D eigenvalue weighted by molar-refractivity contribution is 8.15. The number of hydrogen-bond donors (Lipinski definition) is 0. The van der Waals surface area contributed by atoms with Gasteiger partial charge < -0.3 is 0 Å². The molecular formula is C11H11NO2S. The summed E-state index contributed by atoms with van der Waals surface area (Å²) >= 11 is 1.11. The van der Waals surface area contributed by atoms with E-state index in [4.69, 9.17) is 0 Å². The van der Waals surface area contributed by atoms with E-state index < -0.39 is 0 Å². The Bertz CT molecular complexity index is 391. The van der Waals surface area contributed by atoms with Crippen LogP contribution in [0.2, 0.25) is 0 Å². The number of benzene rings is 1. The van der Waals surface area contributed by atoms with E-state index in [2.05, 4.69) is 0 Å². The molecule has 1 saturated heterocycles. The van der Waals surface area contributed by atoms with Crippen molar-refractivity contribution in [2.24, 2.45) is 0 Å². The first-order valence-corrected chi connectivity index (χ1v) is 5.58. The van der Waals surface area contributed by atoms with Gasteiger partial charge in [0.05, 0.1) is 5.25 Å². The van der Waals surface area contributed by atoms with E-state index in [0.29, 0.717) is 6.42 Å². The number of carbonyl (C=O) groups is 2. The lowest BCUT2D eigenvalue weighted by Crippen LogP contribution is -2.28. The summed E-state index contributed by atoms with van der Waals surface area (Å²) in [5.74, 6) is -0.0890. The Kier molecular flexibility index (Phi) is 2.77. The maximum Gasteiger partial charge on any atom is 0.288 e. The van der Waals surface area contributed by atoms with Crippen molar-refractivity contribution in [3.8, 4) is 0 Å². The number of amides is 2. The van der Waals surface area contributed by atoms with Gasteiger partial charge in [-0.05, 0) is 12.0 Å². The van der Waals surface area contributed by atoms with Crippen LogP contribution in [0.5, 0.6) is 0 Å². The summed E-state index contributed by atoms with van der Waals surface area (Å²) in [5, 5.41) is -0.397. The van der Waals surface area contributed by atoms with Crippen LogP contribution in [0.4, 0.5) is 4.79 Å². The van der Waals surface area contributed by atoms with Gasteiger partial charge in [0.1, 0.15) is 0 Å². The monoisotopic (exact) mass is 221 g/mol. The molecule has 0 aromatic heterocycles. The number of rotatable bonds is 2. The van der Waals surface area contributed by atoms with E-state index in [-0.39, 0.29) is 16.4 Å². The fourth-order valence-corrected chi connectivity index (χ4v) is 2.54. The number of thioether (sulfide) groups is 1. The molecule has 1 aromatic rings. The van der Waals surface area contributed by atoms with E-state index >= 15 is 0 Å². The first kappa shape index (κ1) is 10.2. The fourth-order valence-electron chi connectivity index (χ4n) is 1.51. The topological polar surface area (TPSA) is 37.4 Å². The predicted molar refractivity (Wildman–Crippen MR) is 59.7 cm³/mol. The lowest BCUT2D eigenvalue weighted by molar-refractivity contribution is -0.125. The number of imide groups is 1. The minimum absolute atomic E-state index is 0.0890. The van der Waals surface area contributed by atoms with Gasteiger partial charge in [-0.2, -0.15) is 0 Å². The van der Waals surface area contributed by atoms with Crippen molar-refractivity contribution < 1.29 is 9.59 Å². The van der Waals surface area contributed by atoms with Crippen LogP contribution >= 0.6 is 11.8 Å². The lowest BCUT2D eigenvalue weighted by atomic mass is 10.1. The highest BCUT2D eigenvalue weighted by Gasteiger charge is 2.36. The largest absolute Gasteiger partial charge is 0.288 e. The highest BCUT2D eigenvalue weighted by atomic mass is 32.2. The minimum Gasteiger partial charge on any atom is -0.275 e. The third-order valence-electron chi connectivity index (χ3n) is 2.39. The number of nitrogens with zero attached hydrogens (tertiary/aromatic N) is 1. The molecule has 2 amide bonds. The number of hydrogen-bond acceptors (Lipinski definition) is 3. The molecule has 0 spiro atoms. The van der Waals surface area contributed by atoms with Gasteiger partial charge in [-0.25, -0.2) is 0 Å². The Labute approximate surface area is 92.5 Å². The van der Waals surface area contributed by atoms with Crippen LogP contribution in [0.25, 0.3) is 0 Å². The van der Waals surface area contributed by atoms with E-state index in [1.807, 2.05) is 30.3 Å². The van der Waals surface area contributed by atoms with Gasteiger partial charge in [0.2, 0.25) is 5.91 Å². The molecule has 0 radical (unpaired) electrons. The van der Waals surface area contributed by atoms with Gasteiger partial charge in [0.25, 0.3) is 5.24 Å². The van der Waals surface area contributed by atoms with Crippen LogP contribution in [0.1, 0.15) is 5.56 Å². The Hall–Kier alpha value is -1.29. The minimum atomic E-state index is -0.245. The smallest absolute Gasteiger partial charge is 0.275 e.